The second-order valence-corrected chi connectivity index (χ2v) is 2.04. The molecule has 1 heterocycles. The Balaban J connectivity index is 2.47. The minimum Gasteiger partial charge on any atom is -0.467 e. The Kier molecular flexibility index (Phi) is 1.58. The van der Waals surface area contributed by atoms with E-state index < -0.39 is 18.1 Å². The van der Waals surface area contributed by atoms with Crippen molar-refractivity contribution < 1.29 is 14.3 Å². The highest BCUT2D eigenvalue weighted by molar-refractivity contribution is 5.99. The lowest BCUT2D eigenvalue weighted by Gasteiger charge is -2.30. The lowest BCUT2D eigenvalue weighted by Crippen LogP contribution is -2.69. The summed E-state index contributed by atoms with van der Waals surface area (Å²) < 4.78 is 4.34. The molecular weight excluding hydrogens is 136 g/mol. The third-order valence-electron chi connectivity index (χ3n) is 1.41. The minimum absolute atomic E-state index is 0.310. The smallest absolute Gasteiger partial charge is 0.330 e. The highest BCUT2D eigenvalue weighted by Gasteiger charge is 2.42. The van der Waals surface area contributed by atoms with Gasteiger partial charge in [-0.3, -0.25) is 4.79 Å². The first-order valence-corrected chi connectivity index (χ1v) is 2.80. The first kappa shape index (κ1) is 7.01. The van der Waals surface area contributed by atoms with E-state index in [1.165, 1.54) is 7.11 Å². The van der Waals surface area contributed by atoms with Crippen molar-refractivity contribution in [3.63, 3.8) is 0 Å². The van der Waals surface area contributed by atoms with E-state index in [9.17, 15) is 9.59 Å². The van der Waals surface area contributed by atoms with Crippen LogP contribution in [-0.4, -0.2) is 31.1 Å². The predicted molar refractivity (Wildman–Crippen MR) is 31.9 cm³/mol. The SMILES string of the molecule is COC(=O)[C@H]1NC(=O)[C@@H]1N. The second-order valence-electron chi connectivity index (χ2n) is 2.04. The molecule has 1 aliphatic heterocycles. The molecular formula is C5H8N2O3. The molecule has 0 aromatic heterocycles. The van der Waals surface area contributed by atoms with Gasteiger partial charge in [0.15, 0.2) is 6.04 Å². The van der Waals surface area contributed by atoms with Crippen LogP contribution in [0.5, 0.6) is 0 Å². The second kappa shape index (κ2) is 2.26. The molecule has 0 radical (unpaired) electrons. The van der Waals surface area contributed by atoms with Crippen LogP contribution in [0.3, 0.4) is 0 Å². The molecule has 0 aromatic rings. The molecule has 0 spiro atoms. The molecule has 0 aliphatic carbocycles. The number of nitrogens with one attached hydrogen (secondary N) is 1. The van der Waals surface area contributed by atoms with Gasteiger partial charge in [-0.1, -0.05) is 0 Å². The van der Waals surface area contributed by atoms with Gasteiger partial charge in [0, 0.05) is 0 Å². The molecule has 5 nitrogen and oxygen atoms in total. The lowest BCUT2D eigenvalue weighted by molar-refractivity contribution is -0.152. The fraction of sp³-hybridized carbons (Fsp3) is 0.600. The number of hydrogen-bond donors (Lipinski definition) is 2. The lowest BCUT2D eigenvalue weighted by atomic mass is 10.0. The molecule has 10 heavy (non-hydrogen) atoms. The number of carbonyl (C=O) groups excluding carboxylic acids is 2. The molecule has 1 saturated heterocycles. The summed E-state index contributed by atoms with van der Waals surface area (Å²) in [7, 11) is 1.25. The topological polar surface area (TPSA) is 81.4 Å². The summed E-state index contributed by atoms with van der Waals surface area (Å²) in [5, 5.41) is 2.30. The highest BCUT2D eigenvalue weighted by atomic mass is 16.5. The summed E-state index contributed by atoms with van der Waals surface area (Å²) in [6.07, 6.45) is 0. The molecule has 2 atom stereocenters. The number of carbonyl (C=O) groups is 2. The highest BCUT2D eigenvalue weighted by Crippen LogP contribution is 2.03. The van der Waals surface area contributed by atoms with E-state index in [4.69, 9.17) is 5.73 Å². The van der Waals surface area contributed by atoms with Gasteiger partial charge in [-0.25, -0.2) is 4.79 Å². The van der Waals surface area contributed by atoms with Crippen molar-refractivity contribution in [2.75, 3.05) is 7.11 Å². The maximum Gasteiger partial charge on any atom is 0.330 e. The van der Waals surface area contributed by atoms with Crippen LogP contribution >= 0.6 is 0 Å². The number of rotatable bonds is 1. The Labute approximate surface area is 57.5 Å². The molecule has 1 rings (SSSR count). The Hall–Kier alpha value is -1.10. The van der Waals surface area contributed by atoms with Crippen molar-refractivity contribution in [1.29, 1.82) is 0 Å². The normalized spacial score (nSPS) is 30.4. The van der Waals surface area contributed by atoms with Crippen molar-refractivity contribution in [3.05, 3.63) is 0 Å². The van der Waals surface area contributed by atoms with Crippen LogP contribution in [0.25, 0.3) is 0 Å². The first-order chi connectivity index (χ1) is 4.66. The molecule has 0 saturated carbocycles. The van der Waals surface area contributed by atoms with Crippen molar-refractivity contribution in [1.82, 2.24) is 5.32 Å². The van der Waals surface area contributed by atoms with E-state index in [1.807, 2.05) is 0 Å². The van der Waals surface area contributed by atoms with E-state index in [1.54, 1.807) is 0 Å². The number of nitrogens with two attached hydrogens (primary N) is 1. The van der Waals surface area contributed by atoms with Crippen LogP contribution in [-0.2, 0) is 14.3 Å². The minimum atomic E-state index is -0.729. The third kappa shape index (κ3) is 0.841. The van der Waals surface area contributed by atoms with Crippen LogP contribution in [0.15, 0.2) is 0 Å². The summed E-state index contributed by atoms with van der Waals surface area (Å²) in [5.41, 5.74) is 5.23. The fourth-order valence-electron chi connectivity index (χ4n) is 0.727. The Morgan fingerprint density at radius 3 is 2.70 bits per heavy atom. The predicted octanol–water partition coefficient (Wildman–Crippen LogP) is -2.01. The van der Waals surface area contributed by atoms with Gasteiger partial charge < -0.3 is 15.8 Å². The van der Waals surface area contributed by atoms with Crippen LogP contribution in [0, 0.1) is 0 Å². The Bertz CT molecular complexity index is 180. The number of hydrogen-bond acceptors (Lipinski definition) is 4. The molecule has 3 N–H and O–H groups in total. The monoisotopic (exact) mass is 144 g/mol. The maximum atomic E-state index is 10.6. The summed E-state index contributed by atoms with van der Waals surface area (Å²) >= 11 is 0. The Morgan fingerprint density at radius 2 is 2.40 bits per heavy atom. The number of ether oxygens (including phenoxy) is 1. The van der Waals surface area contributed by atoms with Gasteiger partial charge in [0.05, 0.1) is 7.11 Å². The maximum absolute atomic E-state index is 10.6. The van der Waals surface area contributed by atoms with Crippen LogP contribution < -0.4 is 11.1 Å². The third-order valence-corrected chi connectivity index (χ3v) is 1.41. The summed E-state index contributed by atoms with van der Waals surface area (Å²) in [4.78, 5) is 21.1. The van der Waals surface area contributed by atoms with Gasteiger partial charge in [-0.15, -0.1) is 0 Å². The van der Waals surface area contributed by atoms with Gasteiger partial charge in [0.25, 0.3) is 0 Å². The first-order valence-electron chi connectivity index (χ1n) is 2.80. The summed E-state index contributed by atoms with van der Waals surface area (Å²) in [6.45, 7) is 0. The van der Waals surface area contributed by atoms with E-state index in [-0.39, 0.29) is 5.91 Å². The van der Waals surface area contributed by atoms with Crippen molar-refractivity contribution in [2.24, 2.45) is 5.73 Å². The van der Waals surface area contributed by atoms with E-state index in [0.717, 1.165) is 0 Å². The van der Waals surface area contributed by atoms with Crippen molar-refractivity contribution in [3.8, 4) is 0 Å². The molecule has 56 valence electrons. The number of β-lactam (4-membered cyclic amide) rings is 1. The number of esters is 1. The van der Waals surface area contributed by atoms with E-state index in [0.29, 0.717) is 0 Å². The average Bonchev–Trinajstić information content (AvgIpc) is 1.98. The van der Waals surface area contributed by atoms with Crippen LogP contribution in [0.4, 0.5) is 0 Å². The fourth-order valence-corrected chi connectivity index (χ4v) is 0.727. The van der Waals surface area contributed by atoms with Gasteiger partial charge in [0.1, 0.15) is 6.04 Å². The van der Waals surface area contributed by atoms with Gasteiger partial charge in [-0.05, 0) is 0 Å². The molecule has 1 fully saturated rings. The largest absolute Gasteiger partial charge is 0.467 e. The molecule has 5 heteroatoms. The van der Waals surface area contributed by atoms with Crippen molar-refractivity contribution >= 4 is 11.9 Å². The standard InChI is InChI=1S/C5H8N2O3/c1-10-5(9)3-2(6)4(8)7-3/h2-3H,6H2,1H3,(H,7,8)/t2-,3+/m1/s1. The molecule has 0 bridgehead atoms. The number of methoxy groups -OCH3 is 1. The van der Waals surface area contributed by atoms with Crippen molar-refractivity contribution in [2.45, 2.75) is 12.1 Å². The summed E-state index contributed by atoms with van der Waals surface area (Å²) in [5.74, 6) is -0.803. The van der Waals surface area contributed by atoms with Gasteiger partial charge >= 0.3 is 5.97 Å². The van der Waals surface area contributed by atoms with Crippen LogP contribution in [0.1, 0.15) is 0 Å². The zero-order valence-electron chi connectivity index (χ0n) is 5.46. The number of amides is 1. The molecule has 0 unspecified atom stereocenters. The zero-order chi connectivity index (χ0) is 7.72. The average molecular weight is 144 g/mol. The molecule has 0 aromatic carbocycles. The van der Waals surface area contributed by atoms with Gasteiger partial charge in [0.2, 0.25) is 5.91 Å². The van der Waals surface area contributed by atoms with E-state index in [2.05, 4.69) is 10.1 Å². The summed E-state index contributed by atoms with van der Waals surface area (Å²) in [6, 6.07) is -1.37. The molecule has 1 amide bonds. The molecule has 1 aliphatic rings. The zero-order valence-corrected chi connectivity index (χ0v) is 5.46. The quantitative estimate of drug-likeness (QED) is 0.329. The Morgan fingerprint density at radius 1 is 1.80 bits per heavy atom. The van der Waals surface area contributed by atoms with Crippen LogP contribution in [0.2, 0.25) is 0 Å². The van der Waals surface area contributed by atoms with Gasteiger partial charge in [-0.2, -0.15) is 0 Å². The van der Waals surface area contributed by atoms with E-state index >= 15 is 0 Å².